The van der Waals surface area contributed by atoms with Crippen LogP contribution >= 0.6 is 0 Å². The fraction of sp³-hybridized carbons (Fsp3) is 0.500. The number of ether oxygens (including phenoxy) is 1. The Balaban J connectivity index is 1.88. The van der Waals surface area contributed by atoms with Crippen LogP contribution in [-0.4, -0.2) is 17.7 Å². The second-order valence-electron chi connectivity index (χ2n) is 5.43. The van der Waals surface area contributed by atoms with Gasteiger partial charge in [-0.1, -0.05) is 12.1 Å². The van der Waals surface area contributed by atoms with E-state index in [0.717, 1.165) is 25.7 Å². The Bertz CT molecular complexity index is 506. The Hall–Kier alpha value is -1.64. The molecular formula is C16H18O3. The number of fused-ring (bicyclic) bond motifs is 1. The van der Waals surface area contributed by atoms with E-state index in [1.807, 2.05) is 24.3 Å². The fourth-order valence-corrected chi connectivity index (χ4v) is 3.14. The quantitative estimate of drug-likeness (QED) is 0.777. The molecule has 1 fully saturated rings. The Kier molecular flexibility index (Phi) is 3.36. The molecule has 0 bridgehead atoms. The molecule has 3 nitrogen and oxygen atoms in total. The fourth-order valence-electron chi connectivity index (χ4n) is 3.14. The molecule has 1 aliphatic carbocycles. The van der Waals surface area contributed by atoms with E-state index in [-0.39, 0.29) is 17.8 Å². The Morgan fingerprint density at radius 2 is 1.79 bits per heavy atom. The molecule has 1 saturated carbocycles. The normalized spacial score (nSPS) is 27.4. The zero-order valence-electron chi connectivity index (χ0n) is 10.9. The Labute approximate surface area is 113 Å². The van der Waals surface area contributed by atoms with Crippen molar-refractivity contribution in [2.75, 3.05) is 0 Å². The first kappa shape index (κ1) is 12.4. The van der Waals surface area contributed by atoms with E-state index < -0.39 is 0 Å². The molecule has 19 heavy (non-hydrogen) atoms. The van der Waals surface area contributed by atoms with Gasteiger partial charge in [0.25, 0.3) is 0 Å². The van der Waals surface area contributed by atoms with Crippen LogP contribution in [0.4, 0.5) is 0 Å². The number of hydrogen-bond donors (Lipinski definition) is 0. The van der Waals surface area contributed by atoms with Gasteiger partial charge in [-0.15, -0.1) is 0 Å². The minimum absolute atomic E-state index is 0.0289. The zero-order chi connectivity index (χ0) is 13.2. The predicted molar refractivity (Wildman–Crippen MR) is 71.4 cm³/mol. The summed E-state index contributed by atoms with van der Waals surface area (Å²) in [4.78, 5) is 23.9. The lowest BCUT2D eigenvalue weighted by Crippen LogP contribution is -2.31. The van der Waals surface area contributed by atoms with E-state index in [0.29, 0.717) is 29.9 Å². The van der Waals surface area contributed by atoms with Crippen molar-refractivity contribution < 1.29 is 14.3 Å². The predicted octanol–water partition coefficient (Wildman–Crippen LogP) is 3.17. The van der Waals surface area contributed by atoms with Crippen LogP contribution in [-0.2, 0) is 4.79 Å². The van der Waals surface area contributed by atoms with Crippen molar-refractivity contribution in [2.45, 2.75) is 44.6 Å². The summed E-state index contributed by atoms with van der Waals surface area (Å²) in [6.45, 7) is 0. The molecule has 1 aromatic carbocycles. The summed E-state index contributed by atoms with van der Waals surface area (Å²) in [7, 11) is 0. The molecule has 1 heterocycles. The first-order valence-corrected chi connectivity index (χ1v) is 7.07. The first-order valence-electron chi connectivity index (χ1n) is 7.07. The third kappa shape index (κ3) is 2.42. The maximum absolute atomic E-state index is 12.0. The SMILES string of the molecule is O=C1CCCC(C2CCCC2=O)Oc2ccccc21. The van der Waals surface area contributed by atoms with Crippen molar-refractivity contribution in [1.29, 1.82) is 0 Å². The van der Waals surface area contributed by atoms with E-state index >= 15 is 0 Å². The molecule has 0 amide bonds. The second kappa shape index (κ2) is 5.16. The lowest BCUT2D eigenvalue weighted by Gasteiger charge is -2.26. The van der Waals surface area contributed by atoms with Gasteiger partial charge in [0.1, 0.15) is 17.6 Å². The van der Waals surface area contributed by atoms with Gasteiger partial charge >= 0.3 is 0 Å². The molecule has 1 aromatic rings. The van der Waals surface area contributed by atoms with Gasteiger partial charge in [0.2, 0.25) is 0 Å². The molecule has 0 spiro atoms. The van der Waals surface area contributed by atoms with Crippen molar-refractivity contribution in [3.05, 3.63) is 29.8 Å². The molecule has 0 N–H and O–H groups in total. The van der Waals surface area contributed by atoms with E-state index in [4.69, 9.17) is 4.74 Å². The van der Waals surface area contributed by atoms with Crippen molar-refractivity contribution in [2.24, 2.45) is 5.92 Å². The summed E-state index contributed by atoms with van der Waals surface area (Å²) >= 11 is 0. The third-order valence-electron chi connectivity index (χ3n) is 4.16. The smallest absolute Gasteiger partial charge is 0.166 e. The van der Waals surface area contributed by atoms with Crippen molar-refractivity contribution in [3.8, 4) is 5.75 Å². The van der Waals surface area contributed by atoms with Crippen LogP contribution in [0.15, 0.2) is 24.3 Å². The highest BCUT2D eigenvalue weighted by Crippen LogP contribution is 2.33. The minimum atomic E-state index is -0.0516. The summed E-state index contributed by atoms with van der Waals surface area (Å²) in [6, 6.07) is 7.39. The molecule has 2 atom stereocenters. The summed E-state index contributed by atoms with van der Waals surface area (Å²) in [6.07, 6.45) is 4.70. The maximum Gasteiger partial charge on any atom is 0.166 e. The summed E-state index contributed by atoms with van der Waals surface area (Å²) in [5, 5.41) is 0. The van der Waals surface area contributed by atoms with Crippen LogP contribution in [0.1, 0.15) is 48.9 Å². The maximum atomic E-state index is 12.0. The molecular weight excluding hydrogens is 240 g/mol. The van der Waals surface area contributed by atoms with E-state index in [1.54, 1.807) is 0 Å². The number of benzene rings is 1. The molecule has 0 aromatic heterocycles. The highest BCUT2D eigenvalue weighted by Gasteiger charge is 2.34. The van der Waals surface area contributed by atoms with Crippen molar-refractivity contribution in [1.82, 2.24) is 0 Å². The lowest BCUT2D eigenvalue weighted by atomic mass is 9.92. The number of carbonyl (C=O) groups is 2. The number of para-hydroxylation sites is 1. The molecule has 2 unspecified atom stereocenters. The van der Waals surface area contributed by atoms with Crippen LogP contribution in [0.3, 0.4) is 0 Å². The van der Waals surface area contributed by atoms with Crippen LogP contribution in [0.2, 0.25) is 0 Å². The first-order chi connectivity index (χ1) is 9.25. The standard InChI is InChI=1S/C16H18O3/c17-13-7-3-6-12(13)16-10-4-8-14(18)11-5-1-2-9-15(11)19-16/h1-2,5,9,12,16H,3-4,6-8,10H2. The second-order valence-corrected chi connectivity index (χ2v) is 5.43. The van der Waals surface area contributed by atoms with Crippen LogP contribution in [0.5, 0.6) is 5.75 Å². The number of rotatable bonds is 1. The van der Waals surface area contributed by atoms with Gasteiger partial charge in [-0.25, -0.2) is 0 Å². The Morgan fingerprint density at radius 1 is 1.00 bits per heavy atom. The molecule has 2 aliphatic rings. The monoisotopic (exact) mass is 258 g/mol. The average Bonchev–Trinajstić information content (AvgIpc) is 2.82. The van der Waals surface area contributed by atoms with Gasteiger partial charge < -0.3 is 4.74 Å². The number of hydrogen-bond acceptors (Lipinski definition) is 3. The third-order valence-corrected chi connectivity index (χ3v) is 4.16. The van der Waals surface area contributed by atoms with Gasteiger partial charge in [-0.2, -0.15) is 0 Å². The van der Waals surface area contributed by atoms with E-state index in [1.165, 1.54) is 0 Å². The topological polar surface area (TPSA) is 43.4 Å². The zero-order valence-corrected chi connectivity index (χ0v) is 10.9. The highest BCUT2D eigenvalue weighted by atomic mass is 16.5. The van der Waals surface area contributed by atoms with Crippen LogP contribution in [0, 0.1) is 5.92 Å². The van der Waals surface area contributed by atoms with Crippen molar-refractivity contribution >= 4 is 11.6 Å². The van der Waals surface area contributed by atoms with Crippen LogP contribution in [0.25, 0.3) is 0 Å². The van der Waals surface area contributed by atoms with E-state index in [9.17, 15) is 9.59 Å². The number of carbonyl (C=O) groups excluding carboxylic acids is 2. The van der Waals surface area contributed by atoms with Gasteiger partial charge in [-0.3, -0.25) is 9.59 Å². The molecule has 1 aliphatic heterocycles. The van der Waals surface area contributed by atoms with E-state index in [2.05, 4.69) is 0 Å². The summed E-state index contributed by atoms with van der Waals surface area (Å²) in [5.74, 6) is 1.15. The van der Waals surface area contributed by atoms with Crippen LogP contribution < -0.4 is 4.74 Å². The minimum Gasteiger partial charge on any atom is -0.489 e. The van der Waals surface area contributed by atoms with Gasteiger partial charge in [0, 0.05) is 12.8 Å². The number of ketones is 2. The molecule has 100 valence electrons. The lowest BCUT2D eigenvalue weighted by molar-refractivity contribution is -0.123. The highest BCUT2D eigenvalue weighted by molar-refractivity contribution is 5.98. The van der Waals surface area contributed by atoms with Gasteiger partial charge in [0.15, 0.2) is 5.78 Å². The van der Waals surface area contributed by atoms with Gasteiger partial charge in [-0.05, 0) is 37.8 Å². The summed E-state index contributed by atoms with van der Waals surface area (Å²) < 4.78 is 6.02. The average molecular weight is 258 g/mol. The largest absolute Gasteiger partial charge is 0.489 e. The molecule has 0 radical (unpaired) electrons. The molecule has 3 heteroatoms. The summed E-state index contributed by atoms with van der Waals surface area (Å²) in [5.41, 5.74) is 0.664. The number of Topliss-reactive ketones (excluding diaryl/α,β-unsaturated/α-hetero) is 2. The molecule has 0 saturated heterocycles. The molecule has 3 rings (SSSR count). The van der Waals surface area contributed by atoms with Gasteiger partial charge in [0.05, 0.1) is 11.5 Å². The Morgan fingerprint density at radius 3 is 2.58 bits per heavy atom. The van der Waals surface area contributed by atoms with Crippen molar-refractivity contribution in [3.63, 3.8) is 0 Å².